The lowest BCUT2D eigenvalue weighted by Gasteiger charge is -2.08. The molecule has 0 bridgehead atoms. The molecule has 1 aromatic heterocycles. The van der Waals surface area contributed by atoms with Crippen molar-refractivity contribution in [1.29, 1.82) is 0 Å². The number of aromatic carboxylic acids is 1. The number of nitrogens with zero attached hydrogens (tertiary/aromatic N) is 1. The minimum absolute atomic E-state index is 0.0878. The quantitative estimate of drug-likeness (QED) is 0.800. The number of carbonyl (C=O) groups is 1. The van der Waals surface area contributed by atoms with Gasteiger partial charge in [0.25, 0.3) is 0 Å². The lowest BCUT2D eigenvalue weighted by molar-refractivity contribution is 0.0696. The van der Waals surface area contributed by atoms with E-state index in [9.17, 15) is 4.79 Å². The van der Waals surface area contributed by atoms with E-state index < -0.39 is 5.97 Å². The second kappa shape index (κ2) is 6.91. The molecule has 2 aromatic rings. The fourth-order valence-electron chi connectivity index (χ4n) is 1.83. The average Bonchev–Trinajstić information content (AvgIpc) is 2.46. The van der Waals surface area contributed by atoms with E-state index in [-0.39, 0.29) is 5.56 Å². The molecule has 0 aliphatic carbocycles. The number of carboxylic acids is 1. The van der Waals surface area contributed by atoms with Crippen molar-refractivity contribution in [3.8, 4) is 0 Å². The molecular formula is C15H15ClN2O2. The summed E-state index contributed by atoms with van der Waals surface area (Å²) >= 11 is 5.98. The number of halogens is 1. The van der Waals surface area contributed by atoms with Crippen molar-refractivity contribution in [3.63, 3.8) is 0 Å². The Morgan fingerprint density at radius 1 is 1.30 bits per heavy atom. The summed E-state index contributed by atoms with van der Waals surface area (Å²) in [5.41, 5.74) is 1.37. The van der Waals surface area contributed by atoms with Gasteiger partial charge < -0.3 is 10.4 Å². The van der Waals surface area contributed by atoms with Crippen molar-refractivity contribution < 1.29 is 9.90 Å². The third-order valence-corrected chi connectivity index (χ3v) is 3.15. The smallest absolute Gasteiger partial charge is 0.337 e. The summed E-state index contributed by atoms with van der Waals surface area (Å²) in [4.78, 5) is 14.8. The SMILES string of the molecule is O=C(O)c1cnc(NCCCc2ccccc2)c(Cl)c1. The Bertz CT molecular complexity index is 588. The van der Waals surface area contributed by atoms with Crippen molar-refractivity contribution in [2.45, 2.75) is 12.8 Å². The normalized spacial score (nSPS) is 10.2. The van der Waals surface area contributed by atoms with Gasteiger partial charge in [0.1, 0.15) is 5.82 Å². The molecule has 20 heavy (non-hydrogen) atoms. The van der Waals surface area contributed by atoms with Gasteiger partial charge in [-0.05, 0) is 24.5 Å². The van der Waals surface area contributed by atoms with Crippen LogP contribution in [0.25, 0.3) is 0 Å². The minimum atomic E-state index is -1.03. The maximum Gasteiger partial charge on any atom is 0.337 e. The number of pyridine rings is 1. The summed E-state index contributed by atoms with van der Waals surface area (Å²) in [6.45, 7) is 0.730. The fourth-order valence-corrected chi connectivity index (χ4v) is 2.06. The van der Waals surface area contributed by atoms with Crippen molar-refractivity contribution in [2.75, 3.05) is 11.9 Å². The topological polar surface area (TPSA) is 62.2 Å². The summed E-state index contributed by atoms with van der Waals surface area (Å²) in [6.07, 6.45) is 3.22. The summed E-state index contributed by atoms with van der Waals surface area (Å²) in [5.74, 6) is -0.514. The Morgan fingerprint density at radius 3 is 2.70 bits per heavy atom. The molecule has 1 heterocycles. The number of aromatic nitrogens is 1. The molecule has 0 saturated heterocycles. The van der Waals surface area contributed by atoms with Crippen molar-refractivity contribution in [1.82, 2.24) is 4.98 Å². The van der Waals surface area contributed by atoms with E-state index >= 15 is 0 Å². The van der Waals surface area contributed by atoms with E-state index in [0.717, 1.165) is 19.4 Å². The summed E-state index contributed by atoms with van der Waals surface area (Å²) < 4.78 is 0. The standard InChI is InChI=1S/C15H15ClN2O2/c16-13-9-12(15(19)20)10-18-14(13)17-8-4-7-11-5-2-1-3-6-11/h1-3,5-6,9-10H,4,7-8H2,(H,17,18)(H,19,20). The lowest BCUT2D eigenvalue weighted by Crippen LogP contribution is -2.06. The zero-order valence-electron chi connectivity index (χ0n) is 10.8. The molecule has 2 rings (SSSR count). The molecule has 4 nitrogen and oxygen atoms in total. The molecule has 5 heteroatoms. The van der Waals surface area contributed by atoms with Crippen LogP contribution in [0.1, 0.15) is 22.3 Å². The van der Waals surface area contributed by atoms with E-state index in [1.807, 2.05) is 18.2 Å². The zero-order chi connectivity index (χ0) is 14.4. The zero-order valence-corrected chi connectivity index (χ0v) is 11.6. The van der Waals surface area contributed by atoms with Gasteiger partial charge in [-0.25, -0.2) is 9.78 Å². The van der Waals surface area contributed by atoms with Crippen LogP contribution in [-0.2, 0) is 6.42 Å². The second-order valence-corrected chi connectivity index (χ2v) is 4.78. The monoisotopic (exact) mass is 290 g/mol. The molecule has 0 unspecified atom stereocenters. The van der Waals surface area contributed by atoms with Gasteiger partial charge in [-0.15, -0.1) is 0 Å². The first-order valence-corrected chi connectivity index (χ1v) is 6.71. The predicted molar refractivity (Wildman–Crippen MR) is 79.5 cm³/mol. The van der Waals surface area contributed by atoms with Crippen LogP contribution in [0.2, 0.25) is 5.02 Å². The minimum Gasteiger partial charge on any atom is -0.478 e. The van der Waals surface area contributed by atoms with E-state index in [2.05, 4.69) is 22.4 Å². The van der Waals surface area contributed by atoms with Gasteiger partial charge in [-0.3, -0.25) is 0 Å². The van der Waals surface area contributed by atoms with Gasteiger partial charge in [0.05, 0.1) is 10.6 Å². The van der Waals surface area contributed by atoms with Crippen LogP contribution in [0, 0.1) is 0 Å². The fraction of sp³-hybridized carbons (Fsp3) is 0.200. The van der Waals surface area contributed by atoms with Gasteiger partial charge in [0, 0.05) is 12.7 Å². The number of nitrogens with one attached hydrogen (secondary N) is 1. The number of anilines is 1. The highest BCUT2D eigenvalue weighted by molar-refractivity contribution is 6.33. The number of aryl methyl sites for hydroxylation is 1. The molecule has 104 valence electrons. The Hall–Kier alpha value is -2.07. The number of hydrogen-bond acceptors (Lipinski definition) is 3. The predicted octanol–water partition coefficient (Wildman–Crippen LogP) is 3.48. The van der Waals surface area contributed by atoms with E-state index in [1.165, 1.54) is 17.8 Å². The highest BCUT2D eigenvalue weighted by Crippen LogP contribution is 2.20. The molecule has 1 aromatic carbocycles. The van der Waals surface area contributed by atoms with Crippen LogP contribution >= 0.6 is 11.6 Å². The van der Waals surface area contributed by atoms with Crippen molar-refractivity contribution in [3.05, 3.63) is 58.7 Å². The van der Waals surface area contributed by atoms with Gasteiger partial charge in [-0.1, -0.05) is 41.9 Å². The highest BCUT2D eigenvalue weighted by Gasteiger charge is 2.07. The highest BCUT2D eigenvalue weighted by atomic mass is 35.5. The largest absolute Gasteiger partial charge is 0.478 e. The van der Waals surface area contributed by atoms with E-state index in [4.69, 9.17) is 16.7 Å². The molecule has 0 aliphatic rings. The van der Waals surface area contributed by atoms with Crippen LogP contribution in [0.15, 0.2) is 42.6 Å². The number of rotatable bonds is 6. The Kier molecular flexibility index (Phi) is 4.96. The van der Waals surface area contributed by atoms with Crippen molar-refractivity contribution in [2.24, 2.45) is 0 Å². The molecule has 0 atom stereocenters. The van der Waals surface area contributed by atoms with Crippen LogP contribution < -0.4 is 5.32 Å². The molecule has 0 fully saturated rings. The summed E-state index contributed by atoms with van der Waals surface area (Å²) in [6, 6.07) is 11.6. The summed E-state index contributed by atoms with van der Waals surface area (Å²) in [7, 11) is 0. The first-order chi connectivity index (χ1) is 9.66. The van der Waals surface area contributed by atoms with Crippen LogP contribution in [0.3, 0.4) is 0 Å². The maximum atomic E-state index is 10.8. The second-order valence-electron chi connectivity index (χ2n) is 4.38. The van der Waals surface area contributed by atoms with Crippen molar-refractivity contribution >= 4 is 23.4 Å². The number of carboxylic acid groups (broad SMARTS) is 1. The molecule has 0 spiro atoms. The van der Waals surface area contributed by atoms with E-state index in [0.29, 0.717) is 10.8 Å². The molecule has 0 radical (unpaired) electrons. The first-order valence-electron chi connectivity index (χ1n) is 6.33. The molecule has 0 aliphatic heterocycles. The van der Waals surface area contributed by atoms with Gasteiger partial charge >= 0.3 is 5.97 Å². The molecule has 0 amide bonds. The molecule has 0 saturated carbocycles. The van der Waals surface area contributed by atoms with Crippen LogP contribution in [0.5, 0.6) is 0 Å². The lowest BCUT2D eigenvalue weighted by atomic mass is 10.1. The average molecular weight is 291 g/mol. The Balaban J connectivity index is 1.84. The van der Waals surface area contributed by atoms with Gasteiger partial charge in [-0.2, -0.15) is 0 Å². The number of hydrogen-bond donors (Lipinski definition) is 2. The first kappa shape index (κ1) is 14.3. The Labute approximate surface area is 122 Å². The summed E-state index contributed by atoms with van der Waals surface area (Å²) in [5, 5.41) is 12.3. The van der Waals surface area contributed by atoms with Gasteiger partial charge in [0.15, 0.2) is 0 Å². The third-order valence-electron chi connectivity index (χ3n) is 2.87. The molecule has 2 N–H and O–H groups in total. The third kappa shape index (κ3) is 3.96. The van der Waals surface area contributed by atoms with E-state index in [1.54, 1.807) is 0 Å². The maximum absolute atomic E-state index is 10.8. The Morgan fingerprint density at radius 2 is 2.05 bits per heavy atom. The van der Waals surface area contributed by atoms with Crippen LogP contribution in [-0.4, -0.2) is 22.6 Å². The van der Waals surface area contributed by atoms with Crippen LogP contribution in [0.4, 0.5) is 5.82 Å². The van der Waals surface area contributed by atoms with Gasteiger partial charge in [0.2, 0.25) is 0 Å². The molecular weight excluding hydrogens is 276 g/mol. The number of benzene rings is 1.